The third-order valence-electron chi connectivity index (χ3n) is 4.82. The maximum Gasteiger partial charge on any atom is 0.248 e. The van der Waals surface area contributed by atoms with Crippen molar-refractivity contribution in [1.82, 2.24) is 14.9 Å². The van der Waals surface area contributed by atoms with E-state index in [-0.39, 0.29) is 11.3 Å². The Morgan fingerprint density at radius 2 is 2.20 bits per heavy atom. The van der Waals surface area contributed by atoms with Gasteiger partial charge in [-0.1, -0.05) is 32.9 Å². The average molecular weight is 340 g/mol. The first-order valence-corrected chi connectivity index (χ1v) is 9.01. The molecule has 1 aromatic carbocycles. The van der Waals surface area contributed by atoms with Gasteiger partial charge in [-0.15, -0.1) is 0 Å². The van der Waals surface area contributed by atoms with Gasteiger partial charge >= 0.3 is 0 Å². The van der Waals surface area contributed by atoms with Gasteiger partial charge in [0.2, 0.25) is 5.91 Å². The van der Waals surface area contributed by atoms with Gasteiger partial charge in [-0.2, -0.15) is 0 Å². The zero-order chi connectivity index (χ0) is 18.0. The number of carbonyl (C=O) groups is 1. The fourth-order valence-electron chi connectivity index (χ4n) is 3.35. The average Bonchev–Trinajstić information content (AvgIpc) is 3.00. The molecule has 5 heteroatoms. The third-order valence-corrected chi connectivity index (χ3v) is 4.82. The van der Waals surface area contributed by atoms with Crippen LogP contribution >= 0.6 is 0 Å². The predicted octanol–water partition coefficient (Wildman–Crippen LogP) is 2.95. The highest BCUT2D eigenvalue weighted by Crippen LogP contribution is 2.30. The molecule has 3 rings (SSSR count). The Hall–Kier alpha value is -2.14. The van der Waals surface area contributed by atoms with Crippen LogP contribution in [0.2, 0.25) is 0 Å². The van der Waals surface area contributed by atoms with Gasteiger partial charge in [0.25, 0.3) is 0 Å². The quantitative estimate of drug-likeness (QED) is 0.879. The van der Waals surface area contributed by atoms with Crippen LogP contribution in [0.4, 0.5) is 0 Å². The SMILES string of the molecule is CC(C)(C)c1cn2c(n1)C(CNCc1cccc(C(N)=O)c1)CCC2. The highest BCUT2D eigenvalue weighted by Gasteiger charge is 2.26. The molecule has 0 saturated heterocycles. The topological polar surface area (TPSA) is 72.9 Å². The lowest BCUT2D eigenvalue weighted by Crippen LogP contribution is -2.26. The van der Waals surface area contributed by atoms with Crippen molar-refractivity contribution in [2.75, 3.05) is 6.54 Å². The molecule has 0 radical (unpaired) electrons. The summed E-state index contributed by atoms with van der Waals surface area (Å²) in [6.07, 6.45) is 4.57. The van der Waals surface area contributed by atoms with Gasteiger partial charge < -0.3 is 15.6 Å². The Morgan fingerprint density at radius 3 is 2.92 bits per heavy atom. The number of carbonyl (C=O) groups excluding carboxylic acids is 1. The highest BCUT2D eigenvalue weighted by molar-refractivity contribution is 5.92. The minimum atomic E-state index is -0.383. The van der Waals surface area contributed by atoms with Gasteiger partial charge in [-0.25, -0.2) is 4.98 Å². The predicted molar refractivity (Wildman–Crippen MR) is 99.6 cm³/mol. The number of rotatable bonds is 5. The van der Waals surface area contributed by atoms with E-state index in [1.165, 1.54) is 17.9 Å². The molecule has 25 heavy (non-hydrogen) atoms. The van der Waals surface area contributed by atoms with Crippen LogP contribution in [0.1, 0.15) is 67.0 Å². The summed E-state index contributed by atoms with van der Waals surface area (Å²) >= 11 is 0. The molecule has 0 saturated carbocycles. The van der Waals surface area contributed by atoms with Crippen molar-refractivity contribution in [1.29, 1.82) is 0 Å². The summed E-state index contributed by atoms with van der Waals surface area (Å²) in [4.78, 5) is 16.2. The van der Waals surface area contributed by atoms with E-state index in [1.807, 2.05) is 18.2 Å². The number of nitrogens with two attached hydrogens (primary N) is 1. The summed E-state index contributed by atoms with van der Waals surface area (Å²) in [6, 6.07) is 7.49. The number of imidazole rings is 1. The van der Waals surface area contributed by atoms with E-state index in [9.17, 15) is 4.79 Å². The Balaban J connectivity index is 1.64. The van der Waals surface area contributed by atoms with Crippen molar-refractivity contribution < 1.29 is 4.79 Å². The van der Waals surface area contributed by atoms with E-state index in [2.05, 4.69) is 36.9 Å². The van der Waals surface area contributed by atoms with Gasteiger partial charge in [0.15, 0.2) is 0 Å². The first-order valence-electron chi connectivity index (χ1n) is 9.01. The van der Waals surface area contributed by atoms with Gasteiger partial charge in [-0.05, 0) is 30.5 Å². The molecule has 134 valence electrons. The molecule has 5 nitrogen and oxygen atoms in total. The lowest BCUT2D eigenvalue weighted by molar-refractivity contribution is 0.1000. The summed E-state index contributed by atoms with van der Waals surface area (Å²) in [7, 11) is 0. The maximum absolute atomic E-state index is 11.3. The number of benzene rings is 1. The number of aromatic nitrogens is 2. The van der Waals surface area contributed by atoms with Crippen LogP contribution < -0.4 is 11.1 Å². The molecule has 2 heterocycles. The van der Waals surface area contributed by atoms with Crippen LogP contribution in [0.5, 0.6) is 0 Å². The molecule has 2 aromatic rings. The van der Waals surface area contributed by atoms with Crippen LogP contribution in [0.15, 0.2) is 30.5 Å². The number of aryl methyl sites for hydroxylation is 1. The maximum atomic E-state index is 11.3. The molecule has 1 aliphatic heterocycles. The Labute approximate surface area is 149 Å². The molecule has 1 aromatic heterocycles. The molecule has 1 aliphatic rings. The van der Waals surface area contributed by atoms with Crippen LogP contribution in [0, 0.1) is 0 Å². The molecule has 0 spiro atoms. The zero-order valence-corrected chi connectivity index (χ0v) is 15.4. The zero-order valence-electron chi connectivity index (χ0n) is 15.4. The van der Waals surface area contributed by atoms with Crippen molar-refractivity contribution in [2.24, 2.45) is 5.73 Å². The smallest absolute Gasteiger partial charge is 0.248 e. The number of hydrogen-bond donors (Lipinski definition) is 2. The summed E-state index contributed by atoms with van der Waals surface area (Å²) in [5.74, 6) is 1.25. The van der Waals surface area contributed by atoms with Crippen molar-refractivity contribution in [3.05, 3.63) is 53.1 Å². The Kier molecular flexibility index (Phi) is 4.95. The molecule has 1 atom stereocenters. The summed E-state index contributed by atoms with van der Waals surface area (Å²) in [5.41, 5.74) is 8.23. The number of fused-ring (bicyclic) bond motifs is 1. The minimum absolute atomic E-state index is 0.0809. The molecule has 0 fully saturated rings. The third kappa shape index (κ3) is 4.10. The normalized spacial score (nSPS) is 17.3. The number of nitrogens with one attached hydrogen (secondary N) is 1. The second-order valence-corrected chi connectivity index (χ2v) is 7.96. The monoisotopic (exact) mass is 340 g/mol. The highest BCUT2D eigenvalue weighted by atomic mass is 16.1. The summed E-state index contributed by atoms with van der Waals surface area (Å²) < 4.78 is 2.32. The molecule has 3 N–H and O–H groups in total. The van der Waals surface area contributed by atoms with Crippen LogP contribution in [0.25, 0.3) is 0 Å². The van der Waals surface area contributed by atoms with Crippen LogP contribution in [-0.4, -0.2) is 22.0 Å². The van der Waals surface area contributed by atoms with Crippen molar-refractivity contribution in [3.8, 4) is 0 Å². The fraction of sp³-hybridized carbons (Fsp3) is 0.500. The van der Waals surface area contributed by atoms with Gasteiger partial charge in [0.05, 0.1) is 5.69 Å². The van der Waals surface area contributed by atoms with E-state index in [0.29, 0.717) is 11.5 Å². The van der Waals surface area contributed by atoms with E-state index >= 15 is 0 Å². The lowest BCUT2D eigenvalue weighted by Gasteiger charge is -2.23. The molecule has 1 amide bonds. The number of amides is 1. The van der Waals surface area contributed by atoms with E-state index in [4.69, 9.17) is 10.7 Å². The van der Waals surface area contributed by atoms with Gasteiger partial charge in [0, 0.05) is 42.7 Å². The fourth-order valence-corrected chi connectivity index (χ4v) is 3.35. The Bertz CT molecular complexity index is 757. The van der Waals surface area contributed by atoms with Crippen LogP contribution in [-0.2, 0) is 18.5 Å². The molecule has 0 bridgehead atoms. The van der Waals surface area contributed by atoms with E-state index in [1.54, 1.807) is 6.07 Å². The number of primary amides is 1. The van der Waals surface area contributed by atoms with Gasteiger partial charge in [0.1, 0.15) is 5.82 Å². The first kappa shape index (κ1) is 17.7. The molecule has 0 aliphatic carbocycles. The van der Waals surface area contributed by atoms with Crippen LogP contribution in [0.3, 0.4) is 0 Å². The molecule has 1 unspecified atom stereocenters. The van der Waals surface area contributed by atoms with Crippen molar-refractivity contribution in [2.45, 2.75) is 58.0 Å². The standard InChI is InChI=1S/C20H28N4O/c1-20(2,3)17-13-24-9-5-8-16(19(24)23-17)12-22-11-14-6-4-7-15(10-14)18(21)25/h4,6-7,10,13,16,22H,5,8-9,11-12H2,1-3H3,(H2,21,25). The van der Waals surface area contributed by atoms with Crippen molar-refractivity contribution in [3.63, 3.8) is 0 Å². The largest absolute Gasteiger partial charge is 0.366 e. The van der Waals surface area contributed by atoms with Gasteiger partial charge in [-0.3, -0.25) is 4.79 Å². The number of nitrogens with zero attached hydrogens (tertiary/aromatic N) is 2. The first-order chi connectivity index (χ1) is 11.8. The minimum Gasteiger partial charge on any atom is -0.366 e. The summed E-state index contributed by atoms with van der Waals surface area (Å²) in [6.45, 7) is 9.31. The second-order valence-electron chi connectivity index (χ2n) is 7.96. The Morgan fingerprint density at radius 1 is 1.40 bits per heavy atom. The lowest BCUT2D eigenvalue weighted by atomic mass is 9.93. The van der Waals surface area contributed by atoms with E-state index in [0.717, 1.165) is 31.6 Å². The van der Waals surface area contributed by atoms with Crippen molar-refractivity contribution >= 4 is 5.91 Å². The van der Waals surface area contributed by atoms with E-state index < -0.39 is 0 Å². The summed E-state index contributed by atoms with van der Waals surface area (Å²) in [5, 5.41) is 3.52. The number of hydrogen-bond acceptors (Lipinski definition) is 3. The second kappa shape index (κ2) is 7.00. The molecular weight excluding hydrogens is 312 g/mol. The molecular formula is C20H28N4O.